The molecule has 0 aliphatic rings. The fourth-order valence-electron chi connectivity index (χ4n) is 2.34. The molecule has 1 N–H and O–H groups in total. The highest BCUT2D eigenvalue weighted by Gasteiger charge is 2.14. The third-order valence-electron chi connectivity index (χ3n) is 3.71. The first-order valence-corrected chi connectivity index (χ1v) is 8.67. The fourth-order valence-corrected chi connectivity index (χ4v) is 3.74. The molecule has 3 heteroatoms. The molecule has 0 fully saturated rings. The summed E-state index contributed by atoms with van der Waals surface area (Å²) in [6.07, 6.45) is 1.04. The molecule has 0 radical (unpaired) electrons. The van der Waals surface area contributed by atoms with E-state index >= 15 is 0 Å². The van der Waals surface area contributed by atoms with Gasteiger partial charge in [-0.05, 0) is 49.2 Å². The molecule has 2 unspecified atom stereocenters. The minimum absolute atomic E-state index is 0.109. The van der Waals surface area contributed by atoms with Gasteiger partial charge in [0, 0.05) is 16.7 Å². The van der Waals surface area contributed by atoms with Crippen LogP contribution in [0.1, 0.15) is 29.7 Å². The molecule has 2 atom stereocenters. The van der Waals surface area contributed by atoms with Crippen molar-refractivity contribution in [1.82, 2.24) is 5.32 Å². The molecule has 0 spiro atoms. The van der Waals surface area contributed by atoms with Crippen molar-refractivity contribution >= 4 is 10.8 Å². The first-order chi connectivity index (χ1) is 10.1. The van der Waals surface area contributed by atoms with Crippen LogP contribution in [0.5, 0.6) is 0 Å². The van der Waals surface area contributed by atoms with Crippen LogP contribution in [0.4, 0.5) is 0 Å². The van der Waals surface area contributed by atoms with Gasteiger partial charge in [-0.15, -0.1) is 0 Å². The predicted octanol–water partition coefficient (Wildman–Crippen LogP) is 3.63. The summed E-state index contributed by atoms with van der Waals surface area (Å²) in [5.41, 5.74) is 3.67. The molecule has 112 valence electrons. The Morgan fingerprint density at radius 1 is 1.14 bits per heavy atom. The average Bonchev–Trinajstić information content (AvgIpc) is 2.52. The van der Waals surface area contributed by atoms with Crippen molar-refractivity contribution in [1.29, 1.82) is 0 Å². The Kier molecular flexibility index (Phi) is 5.71. The van der Waals surface area contributed by atoms with E-state index in [9.17, 15) is 4.21 Å². The van der Waals surface area contributed by atoms with Gasteiger partial charge in [0.25, 0.3) is 0 Å². The lowest BCUT2D eigenvalue weighted by Gasteiger charge is -2.17. The van der Waals surface area contributed by atoms with Gasteiger partial charge in [0.1, 0.15) is 0 Å². The fraction of sp³-hybridized carbons (Fsp3) is 0.333. The van der Waals surface area contributed by atoms with Gasteiger partial charge in [0.2, 0.25) is 0 Å². The second-order valence-electron chi connectivity index (χ2n) is 5.27. The van der Waals surface area contributed by atoms with Crippen molar-refractivity contribution in [3.8, 4) is 0 Å². The number of rotatable bonds is 6. The maximum atomic E-state index is 12.5. The summed E-state index contributed by atoms with van der Waals surface area (Å²) in [6, 6.07) is 16.6. The van der Waals surface area contributed by atoms with E-state index in [4.69, 9.17) is 0 Å². The third kappa shape index (κ3) is 4.26. The predicted molar refractivity (Wildman–Crippen MR) is 90.1 cm³/mol. The van der Waals surface area contributed by atoms with Crippen LogP contribution in [0, 0.1) is 6.92 Å². The number of benzene rings is 2. The number of aryl methyl sites for hydroxylation is 2. The summed E-state index contributed by atoms with van der Waals surface area (Å²) in [5.74, 6) is 0.589. The molecule has 0 aromatic heterocycles. The summed E-state index contributed by atoms with van der Waals surface area (Å²) in [6.45, 7) is 4.18. The molecular formula is C18H23NOS. The van der Waals surface area contributed by atoms with Crippen molar-refractivity contribution < 1.29 is 4.21 Å². The first kappa shape index (κ1) is 15.9. The zero-order valence-corrected chi connectivity index (χ0v) is 13.7. The standard InChI is InChI=1S/C18H23NOS/c1-4-15-8-10-16(11-9-15)18(19-3)13-21(20)17-7-5-6-14(2)12-17/h5-12,18-19H,4,13H2,1-3H3. The zero-order chi connectivity index (χ0) is 15.2. The summed E-state index contributed by atoms with van der Waals surface area (Å²) in [4.78, 5) is 0.903. The molecule has 2 aromatic rings. The van der Waals surface area contributed by atoms with Crippen LogP contribution in [-0.4, -0.2) is 17.0 Å². The van der Waals surface area contributed by atoms with E-state index in [1.807, 2.05) is 38.2 Å². The highest BCUT2D eigenvalue weighted by molar-refractivity contribution is 7.85. The largest absolute Gasteiger partial charge is 0.312 e. The second-order valence-corrected chi connectivity index (χ2v) is 6.76. The molecule has 2 nitrogen and oxygen atoms in total. The lowest BCUT2D eigenvalue weighted by atomic mass is 10.1. The Hall–Kier alpha value is -1.45. The van der Waals surface area contributed by atoms with Crippen LogP contribution in [0.25, 0.3) is 0 Å². The van der Waals surface area contributed by atoms with Crippen LogP contribution in [0.15, 0.2) is 53.4 Å². The maximum absolute atomic E-state index is 12.5. The summed E-state index contributed by atoms with van der Waals surface area (Å²) >= 11 is 0. The monoisotopic (exact) mass is 301 g/mol. The Morgan fingerprint density at radius 2 is 1.86 bits per heavy atom. The Balaban J connectivity index is 2.12. The van der Waals surface area contributed by atoms with Crippen molar-refractivity contribution in [3.63, 3.8) is 0 Å². The summed E-state index contributed by atoms with van der Waals surface area (Å²) in [7, 11) is 0.929. The molecule has 0 saturated carbocycles. The molecule has 0 saturated heterocycles. The van der Waals surface area contributed by atoms with E-state index in [1.165, 1.54) is 11.1 Å². The van der Waals surface area contributed by atoms with Crippen molar-refractivity contribution in [2.75, 3.05) is 12.8 Å². The molecule has 0 amide bonds. The van der Waals surface area contributed by atoms with Crippen LogP contribution < -0.4 is 5.32 Å². The van der Waals surface area contributed by atoms with Gasteiger partial charge < -0.3 is 5.32 Å². The van der Waals surface area contributed by atoms with Crippen molar-refractivity contribution in [3.05, 3.63) is 65.2 Å². The molecule has 0 aliphatic carbocycles. The SMILES string of the molecule is CCc1ccc(C(CS(=O)c2cccc(C)c2)NC)cc1. The second kappa shape index (κ2) is 7.53. The van der Waals surface area contributed by atoms with E-state index in [0.29, 0.717) is 5.75 Å². The van der Waals surface area contributed by atoms with Gasteiger partial charge in [-0.1, -0.05) is 43.3 Å². The normalized spacial score (nSPS) is 13.9. The number of nitrogens with one attached hydrogen (secondary N) is 1. The zero-order valence-electron chi connectivity index (χ0n) is 12.9. The lowest BCUT2D eigenvalue weighted by Crippen LogP contribution is -2.22. The van der Waals surface area contributed by atoms with Gasteiger partial charge in [-0.25, -0.2) is 0 Å². The van der Waals surface area contributed by atoms with E-state index in [2.05, 4.69) is 36.5 Å². The lowest BCUT2D eigenvalue weighted by molar-refractivity contribution is 0.635. The topological polar surface area (TPSA) is 29.1 Å². The average molecular weight is 301 g/mol. The molecule has 2 aromatic carbocycles. The van der Waals surface area contributed by atoms with Gasteiger partial charge >= 0.3 is 0 Å². The molecular weight excluding hydrogens is 278 g/mol. The van der Waals surface area contributed by atoms with Gasteiger partial charge in [-0.2, -0.15) is 0 Å². The van der Waals surface area contributed by atoms with Gasteiger partial charge in [0.15, 0.2) is 0 Å². The minimum Gasteiger partial charge on any atom is -0.312 e. The molecule has 0 aliphatic heterocycles. The van der Waals surface area contributed by atoms with Crippen LogP contribution >= 0.6 is 0 Å². The highest BCUT2D eigenvalue weighted by Crippen LogP contribution is 2.18. The quantitative estimate of drug-likeness (QED) is 0.883. The maximum Gasteiger partial charge on any atom is 0.0548 e. The Morgan fingerprint density at radius 3 is 2.43 bits per heavy atom. The van der Waals surface area contributed by atoms with Gasteiger partial charge in [0.05, 0.1) is 10.8 Å². The smallest absolute Gasteiger partial charge is 0.0548 e. The van der Waals surface area contributed by atoms with E-state index in [0.717, 1.165) is 16.9 Å². The number of hydrogen-bond acceptors (Lipinski definition) is 2. The van der Waals surface area contributed by atoms with Crippen LogP contribution in [0.3, 0.4) is 0 Å². The minimum atomic E-state index is -0.994. The number of hydrogen-bond donors (Lipinski definition) is 1. The molecule has 0 heterocycles. The van der Waals surface area contributed by atoms with Crippen molar-refractivity contribution in [2.45, 2.75) is 31.2 Å². The summed E-state index contributed by atoms with van der Waals surface area (Å²) in [5, 5.41) is 3.28. The van der Waals surface area contributed by atoms with Crippen LogP contribution in [0.2, 0.25) is 0 Å². The van der Waals surface area contributed by atoms with E-state index in [-0.39, 0.29) is 6.04 Å². The first-order valence-electron chi connectivity index (χ1n) is 7.35. The Labute approximate surface area is 130 Å². The molecule has 0 bridgehead atoms. The van der Waals surface area contributed by atoms with Gasteiger partial charge in [-0.3, -0.25) is 4.21 Å². The highest BCUT2D eigenvalue weighted by atomic mass is 32.2. The summed E-state index contributed by atoms with van der Waals surface area (Å²) < 4.78 is 12.5. The van der Waals surface area contributed by atoms with Crippen molar-refractivity contribution in [2.24, 2.45) is 0 Å². The van der Waals surface area contributed by atoms with Crippen LogP contribution in [-0.2, 0) is 17.2 Å². The molecule has 21 heavy (non-hydrogen) atoms. The van der Waals surface area contributed by atoms with E-state index in [1.54, 1.807) is 0 Å². The Bertz CT molecular complexity index is 607. The molecule has 2 rings (SSSR count). The van der Waals surface area contributed by atoms with E-state index < -0.39 is 10.8 Å². The third-order valence-corrected chi connectivity index (χ3v) is 5.13.